The highest BCUT2D eigenvalue weighted by Gasteiger charge is 2.39. The molecule has 3 aromatic rings. The summed E-state index contributed by atoms with van der Waals surface area (Å²) >= 11 is 0. The van der Waals surface area contributed by atoms with Crippen LogP contribution in [-0.4, -0.2) is 17.7 Å². The molecule has 1 aliphatic rings. The van der Waals surface area contributed by atoms with Gasteiger partial charge < -0.3 is 24.5 Å². The maximum Gasteiger partial charge on any atom is 0.348 e. The molecule has 0 amide bonds. The normalized spacial score (nSPS) is 16.2. The Morgan fingerprint density at radius 2 is 1.43 bits per heavy atom. The fraction of sp³-hybridized carbons (Fsp3) is 0.214. The first kappa shape index (κ1) is 23.9. The maximum absolute atomic E-state index is 12.7. The molecule has 1 atom stereocenters. The standard InChI is InChI=1S/C28H28N2O5/c1-18-7-11-21(12-8-18)29-17-20(16-23-26(31)34-28(3,4)35-27(23)32)25(24-6-5-15-33-24)30-22-13-9-19(2)10-14-22/h5-17,25,29-30H,1-4H3/b20-17-/t25-/m0/s1. The van der Waals surface area contributed by atoms with E-state index in [1.807, 2.05) is 68.4 Å². The Bertz CT molecular complexity index is 1230. The van der Waals surface area contributed by atoms with Crippen molar-refractivity contribution in [2.75, 3.05) is 10.6 Å². The molecule has 1 saturated heterocycles. The Balaban J connectivity index is 1.76. The first-order chi connectivity index (χ1) is 16.7. The van der Waals surface area contributed by atoms with E-state index in [0.717, 1.165) is 22.5 Å². The van der Waals surface area contributed by atoms with Crippen LogP contribution >= 0.6 is 0 Å². The van der Waals surface area contributed by atoms with E-state index in [1.165, 1.54) is 19.9 Å². The Morgan fingerprint density at radius 3 is 1.97 bits per heavy atom. The number of esters is 2. The number of carbonyl (C=O) groups excluding carboxylic acids is 2. The molecular formula is C28H28N2O5. The molecule has 2 aromatic carbocycles. The van der Waals surface area contributed by atoms with Crippen molar-refractivity contribution in [2.45, 2.75) is 39.5 Å². The SMILES string of the molecule is Cc1ccc(N/C=C(/C=C2C(=O)OC(C)(C)OC2=O)[C@H](Nc2ccc(C)cc2)c2ccco2)cc1. The van der Waals surface area contributed by atoms with Gasteiger partial charge in [0.1, 0.15) is 17.4 Å². The van der Waals surface area contributed by atoms with E-state index in [2.05, 4.69) is 10.6 Å². The fourth-order valence-corrected chi connectivity index (χ4v) is 3.56. The van der Waals surface area contributed by atoms with Gasteiger partial charge in [0, 0.05) is 31.4 Å². The van der Waals surface area contributed by atoms with Gasteiger partial charge in [-0.1, -0.05) is 35.4 Å². The van der Waals surface area contributed by atoms with Crippen LogP contribution in [0.2, 0.25) is 0 Å². The van der Waals surface area contributed by atoms with Gasteiger partial charge in [-0.3, -0.25) is 0 Å². The highest BCUT2D eigenvalue weighted by molar-refractivity contribution is 6.15. The van der Waals surface area contributed by atoms with Gasteiger partial charge in [-0.15, -0.1) is 0 Å². The molecular weight excluding hydrogens is 444 g/mol. The fourth-order valence-electron chi connectivity index (χ4n) is 3.56. The van der Waals surface area contributed by atoms with Crippen molar-refractivity contribution in [3.8, 4) is 0 Å². The largest absolute Gasteiger partial charge is 0.467 e. The number of benzene rings is 2. The van der Waals surface area contributed by atoms with Gasteiger partial charge in [-0.2, -0.15) is 0 Å². The summed E-state index contributed by atoms with van der Waals surface area (Å²) in [5, 5.41) is 6.69. The Labute approximate surface area is 204 Å². The molecule has 7 nitrogen and oxygen atoms in total. The summed E-state index contributed by atoms with van der Waals surface area (Å²) in [4.78, 5) is 25.4. The lowest BCUT2D eigenvalue weighted by molar-refractivity contribution is -0.222. The molecule has 180 valence electrons. The highest BCUT2D eigenvalue weighted by atomic mass is 16.7. The quantitative estimate of drug-likeness (QED) is 0.255. The monoisotopic (exact) mass is 472 g/mol. The third kappa shape index (κ3) is 6.00. The molecule has 0 unspecified atom stereocenters. The summed E-state index contributed by atoms with van der Waals surface area (Å²) in [6.45, 7) is 7.05. The first-order valence-electron chi connectivity index (χ1n) is 11.3. The second-order valence-electron chi connectivity index (χ2n) is 8.85. The Kier molecular flexibility index (Phi) is 6.78. The van der Waals surface area contributed by atoms with E-state index < -0.39 is 23.8 Å². The summed E-state index contributed by atoms with van der Waals surface area (Å²) in [5.74, 6) is -2.23. The molecule has 2 heterocycles. The van der Waals surface area contributed by atoms with Gasteiger partial charge in [-0.05, 0) is 61.9 Å². The van der Waals surface area contributed by atoms with Crippen LogP contribution < -0.4 is 10.6 Å². The first-order valence-corrected chi connectivity index (χ1v) is 11.3. The number of furan rings is 1. The number of nitrogens with one attached hydrogen (secondary N) is 2. The zero-order valence-corrected chi connectivity index (χ0v) is 20.1. The smallest absolute Gasteiger partial charge is 0.348 e. The van der Waals surface area contributed by atoms with Gasteiger partial charge in [-0.25, -0.2) is 9.59 Å². The van der Waals surface area contributed by atoms with Crippen LogP contribution in [0.5, 0.6) is 0 Å². The Morgan fingerprint density at radius 1 is 0.857 bits per heavy atom. The van der Waals surface area contributed by atoms with Crippen LogP contribution in [0.3, 0.4) is 0 Å². The molecule has 0 spiro atoms. The Hall–Kier alpha value is -4.26. The van der Waals surface area contributed by atoms with Crippen molar-refractivity contribution < 1.29 is 23.5 Å². The van der Waals surface area contributed by atoms with Gasteiger partial charge >= 0.3 is 11.9 Å². The third-order valence-electron chi connectivity index (χ3n) is 5.41. The molecule has 2 N–H and O–H groups in total. The number of carbonyl (C=O) groups is 2. The van der Waals surface area contributed by atoms with Gasteiger partial charge in [0.15, 0.2) is 0 Å². The van der Waals surface area contributed by atoms with Gasteiger partial charge in [0.25, 0.3) is 5.79 Å². The lowest BCUT2D eigenvalue weighted by atomic mass is 10.0. The zero-order valence-electron chi connectivity index (χ0n) is 20.1. The van der Waals surface area contributed by atoms with Crippen LogP contribution in [0, 0.1) is 13.8 Å². The van der Waals surface area contributed by atoms with Crippen LogP contribution in [0.1, 0.15) is 36.8 Å². The van der Waals surface area contributed by atoms with Crippen molar-refractivity contribution in [1.29, 1.82) is 0 Å². The van der Waals surface area contributed by atoms with Crippen LogP contribution in [0.15, 0.2) is 94.8 Å². The van der Waals surface area contributed by atoms with Crippen molar-refractivity contribution in [3.05, 3.63) is 107 Å². The van der Waals surface area contributed by atoms with E-state index in [1.54, 1.807) is 18.5 Å². The van der Waals surface area contributed by atoms with Gasteiger partial charge in [0.05, 0.1) is 6.26 Å². The molecule has 1 fully saturated rings. The molecule has 0 radical (unpaired) electrons. The molecule has 1 aromatic heterocycles. The van der Waals surface area contributed by atoms with Crippen LogP contribution in [0.25, 0.3) is 0 Å². The van der Waals surface area contributed by atoms with E-state index in [4.69, 9.17) is 13.9 Å². The zero-order chi connectivity index (χ0) is 25.0. The summed E-state index contributed by atoms with van der Waals surface area (Å²) in [7, 11) is 0. The van der Waals surface area contributed by atoms with E-state index in [9.17, 15) is 9.59 Å². The lowest BCUT2D eigenvalue weighted by Gasteiger charge is -2.30. The molecule has 4 rings (SSSR count). The van der Waals surface area contributed by atoms with E-state index in [0.29, 0.717) is 11.3 Å². The second kappa shape index (κ2) is 9.93. The van der Waals surface area contributed by atoms with Crippen molar-refractivity contribution in [1.82, 2.24) is 0 Å². The third-order valence-corrected chi connectivity index (χ3v) is 5.41. The van der Waals surface area contributed by atoms with Gasteiger partial charge in [0.2, 0.25) is 0 Å². The minimum Gasteiger partial charge on any atom is -0.467 e. The number of aryl methyl sites for hydroxylation is 2. The summed E-state index contributed by atoms with van der Waals surface area (Å²) in [6.07, 6.45) is 4.77. The number of rotatable bonds is 7. The van der Waals surface area contributed by atoms with Crippen LogP contribution in [-0.2, 0) is 19.1 Å². The highest BCUT2D eigenvalue weighted by Crippen LogP contribution is 2.31. The molecule has 0 saturated carbocycles. The van der Waals surface area contributed by atoms with Crippen molar-refractivity contribution in [3.63, 3.8) is 0 Å². The average Bonchev–Trinajstić information content (AvgIpc) is 3.33. The predicted molar refractivity (Wildman–Crippen MR) is 133 cm³/mol. The second-order valence-corrected chi connectivity index (χ2v) is 8.85. The number of hydrogen-bond acceptors (Lipinski definition) is 7. The number of anilines is 2. The predicted octanol–water partition coefficient (Wildman–Crippen LogP) is 5.81. The number of ether oxygens (including phenoxy) is 2. The summed E-state index contributed by atoms with van der Waals surface area (Å²) < 4.78 is 16.3. The minimum absolute atomic E-state index is 0.205. The van der Waals surface area contributed by atoms with Crippen LogP contribution in [0.4, 0.5) is 11.4 Å². The lowest BCUT2D eigenvalue weighted by Crippen LogP contribution is -2.42. The van der Waals surface area contributed by atoms with E-state index >= 15 is 0 Å². The molecule has 35 heavy (non-hydrogen) atoms. The molecule has 7 heteroatoms. The maximum atomic E-state index is 12.7. The number of hydrogen-bond donors (Lipinski definition) is 2. The van der Waals surface area contributed by atoms with E-state index in [-0.39, 0.29) is 5.57 Å². The molecule has 0 aliphatic carbocycles. The van der Waals surface area contributed by atoms with Crippen molar-refractivity contribution in [2.24, 2.45) is 0 Å². The summed E-state index contributed by atoms with van der Waals surface area (Å²) in [5.41, 5.74) is 4.29. The molecule has 0 bridgehead atoms. The summed E-state index contributed by atoms with van der Waals surface area (Å²) in [6, 6.07) is 18.8. The minimum atomic E-state index is -1.32. The number of cyclic esters (lactones) is 2. The average molecular weight is 473 g/mol. The van der Waals surface area contributed by atoms with Crippen molar-refractivity contribution >= 4 is 23.3 Å². The molecule has 1 aliphatic heterocycles. The topological polar surface area (TPSA) is 89.8 Å².